The minimum Gasteiger partial charge on any atom is -0.349 e. The SMILES string of the molecule is CON(C)S(=O)(=O)c1cc(C(=O)NC(C)C2CC3CCC2C3)ccc1Cl. The number of halogens is 1. The molecule has 2 fully saturated rings. The summed E-state index contributed by atoms with van der Waals surface area (Å²) < 4.78 is 25.6. The van der Waals surface area contributed by atoms with Crippen LogP contribution in [0, 0.1) is 17.8 Å². The van der Waals surface area contributed by atoms with Crippen LogP contribution < -0.4 is 5.32 Å². The molecule has 1 amide bonds. The second kappa shape index (κ2) is 7.46. The van der Waals surface area contributed by atoms with Crippen LogP contribution in [0.1, 0.15) is 43.0 Å². The van der Waals surface area contributed by atoms with Gasteiger partial charge >= 0.3 is 0 Å². The van der Waals surface area contributed by atoms with Gasteiger partial charge in [-0.15, -0.1) is 0 Å². The molecule has 4 unspecified atom stereocenters. The number of fused-ring (bicyclic) bond motifs is 2. The first-order chi connectivity index (χ1) is 12.2. The molecule has 2 aliphatic carbocycles. The number of amides is 1. The number of sulfonamides is 1. The van der Waals surface area contributed by atoms with Gasteiger partial charge in [-0.3, -0.25) is 9.63 Å². The third kappa shape index (κ3) is 3.63. The van der Waals surface area contributed by atoms with Crippen molar-refractivity contribution in [2.45, 2.75) is 43.5 Å². The van der Waals surface area contributed by atoms with Gasteiger partial charge in [0, 0.05) is 18.7 Å². The van der Waals surface area contributed by atoms with Crippen molar-refractivity contribution in [1.82, 2.24) is 9.79 Å². The summed E-state index contributed by atoms with van der Waals surface area (Å²) in [4.78, 5) is 17.3. The zero-order chi connectivity index (χ0) is 19.1. The molecule has 3 rings (SSSR count). The second-order valence-corrected chi connectivity index (χ2v) is 9.65. The highest BCUT2D eigenvalue weighted by Gasteiger charge is 2.42. The highest BCUT2D eigenvalue weighted by molar-refractivity contribution is 7.89. The van der Waals surface area contributed by atoms with Gasteiger partial charge in [0.2, 0.25) is 0 Å². The molecule has 0 radical (unpaired) electrons. The number of carbonyl (C=O) groups is 1. The molecule has 0 heterocycles. The molecule has 2 aliphatic rings. The summed E-state index contributed by atoms with van der Waals surface area (Å²) in [6, 6.07) is 4.33. The lowest BCUT2D eigenvalue weighted by Gasteiger charge is -2.28. The van der Waals surface area contributed by atoms with E-state index in [-0.39, 0.29) is 27.4 Å². The third-order valence-corrected chi connectivity index (χ3v) is 8.02. The van der Waals surface area contributed by atoms with Crippen LogP contribution in [-0.4, -0.2) is 39.0 Å². The monoisotopic (exact) mass is 400 g/mol. The first kappa shape index (κ1) is 19.6. The van der Waals surface area contributed by atoms with Crippen molar-refractivity contribution in [3.05, 3.63) is 28.8 Å². The lowest BCUT2D eigenvalue weighted by molar-refractivity contribution is -0.0258. The highest BCUT2D eigenvalue weighted by Crippen LogP contribution is 2.49. The van der Waals surface area contributed by atoms with E-state index in [1.807, 2.05) is 6.92 Å². The number of nitrogens with zero attached hydrogens (tertiary/aromatic N) is 1. The molecule has 1 N–H and O–H groups in total. The van der Waals surface area contributed by atoms with Crippen LogP contribution in [0.15, 0.2) is 23.1 Å². The zero-order valence-electron chi connectivity index (χ0n) is 15.2. The largest absolute Gasteiger partial charge is 0.349 e. The number of rotatable bonds is 6. The number of benzene rings is 1. The van der Waals surface area contributed by atoms with Crippen molar-refractivity contribution in [3.63, 3.8) is 0 Å². The van der Waals surface area contributed by atoms with Gasteiger partial charge in [-0.05, 0) is 62.1 Å². The van der Waals surface area contributed by atoms with Gasteiger partial charge in [0.05, 0.1) is 12.1 Å². The molecule has 0 spiro atoms. The Labute approximate surface area is 159 Å². The molecule has 2 saturated carbocycles. The fraction of sp³-hybridized carbons (Fsp3) is 0.611. The third-order valence-electron chi connectivity index (χ3n) is 5.86. The van der Waals surface area contributed by atoms with Crippen molar-refractivity contribution in [2.75, 3.05) is 14.2 Å². The van der Waals surface area contributed by atoms with Crippen LogP contribution >= 0.6 is 11.6 Å². The van der Waals surface area contributed by atoms with E-state index in [9.17, 15) is 13.2 Å². The summed E-state index contributed by atoms with van der Waals surface area (Å²) in [5.41, 5.74) is 0.271. The minimum absolute atomic E-state index is 0.0478. The molecule has 1 aromatic carbocycles. The van der Waals surface area contributed by atoms with Gasteiger partial charge in [0.1, 0.15) is 4.90 Å². The molecule has 0 aromatic heterocycles. The summed E-state index contributed by atoms with van der Waals surface area (Å²) in [6.07, 6.45) is 5.01. The first-order valence-electron chi connectivity index (χ1n) is 8.87. The van der Waals surface area contributed by atoms with Crippen molar-refractivity contribution in [1.29, 1.82) is 0 Å². The van der Waals surface area contributed by atoms with Crippen LogP contribution in [0.25, 0.3) is 0 Å². The van der Waals surface area contributed by atoms with E-state index >= 15 is 0 Å². The summed E-state index contributed by atoms with van der Waals surface area (Å²) >= 11 is 6.05. The Morgan fingerprint density at radius 2 is 2.08 bits per heavy atom. The minimum atomic E-state index is -3.93. The van der Waals surface area contributed by atoms with Crippen LogP contribution in [-0.2, 0) is 14.9 Å². The normalized spacial score (nSPS) is 26.3. The molecule has 26 heavy (non-hydrogen) atoms. The Bertz CT molecular complexity index is 798. The van der Waals surface area contributed by atoms with Crippen molar-refractivity contribution < 1.29 is 18.0 Å². The van der Waals surface area contributed by atoms with Crippen molar-refractivity contribution in [3.8, 4) is 0 Å². The van der Waals surface area contributed by atoms with Crippen LogP contribution in [0.3, 0.4) is 0 Å². The van der Waals surface area contributed by atoms with Gasteiger partial charge in [0.25, 0.3) is 15.9 Å². The molecule has 4 atom stereocenters. The van der Waals surface area contributed by atoms with Gasteiger partial charge in [-0.25, -0.2) is 8.42 Å². The van der Waals surface area contributed by atoms with E-state index in [2.05, 4.69) is 5.32 Å². The molecule has 0 saturated heterocycles. The Morgan fingerprint density at radius 1 is 1.35 bits per heavy atom. The van der Waals surface area contributed by atoms with Crippen molar-refractivity contribution >= 4 is 27.5 Å². The maximum atomic E-state index is 12.7. The van der Waals surface area contributed by atoms with E-state index in [0.29, 0.717) is 16.3 Å². The predicted octanol–water partition coefficient (Wildman–Crippen LogP) is 3.08. The molecule has 2 bridgehead atoms. The summed E-state index contributed by atoms with van der Waals surface area (Å²) in [6.45, 7) is 2.04. The quantitative estimate of drug-likeness (QED) is 0.744. The lowest BCUT2D eigenvalue weighted by Crippen LogP contribution is -2.40. The number of carbonyl (C=O) groups excluding carboxylic acids is 1. The van der Waals surface area contributed by atoms with Crippen molar-refractivity contribution in [2.24, 2.45) is 17.8 Å². The Kier molecular flexibility index (Phi) is 5.63. The molecule has 8 heteroatoms. The molecule has 1 aromatic rings. The predicted molar refractivity (Wildman–Crippen MR) is 99.3 cm³/mol. The Morgan fingerprint density at radius 3 is 2.65 bits per heavy atom. The lowest BCUT2D eigenvalue weighted by atomic mass is 9.84. The van der Waals surface area contributed by atoms with Gasteiger partial charge < -0.3 is 5.32 Å². The average Bonchev–Trinajstić information content (AvgIpc) is 3.24. The zero-order valence-corrected chi connectivity index (χ0v) is 16.8. The molecular weight excluding hydrogens is 376 g/mol. The average molecular weight is 401 g/mol. The number of hydrogen-bond donors (Lipinski definition) is 1. The maximum Gasteiger partial charge on any atom is 0.266 e. The standard InChI is InChI=1S/C18H25ClN2O4S/c1-11(15-9-12-4-5-13(15)8-12)20-18(22)14-6-7-16(19)17(10-14)26(23,24)21(2)25-3/h6-7,10-13,15H,4-5,8-9H2,1-3H3,(H,20,22). The van der Waals surface area contributed by atoms with Crippen LogP contribution in [0.5, 0.6) is 0 Å². The number of hydrogen-bond acceptors (Lipinski definition) is 4. The van der Waals surface area contributed by atoms with E-state index in [4.69, 9.17) is 16.4 Å². The maximum absolute atomic E-state index is 12.7. The van der Waals surface area contributed by atoms with Gasteiger partial charge in [-0.1, -0.05) is 22.5 Å². The van der Waals surface area contributed by atoms with E-state index in [1.165, 1.54) is 58.0 Å². The molecule has 0 aliphatic heterocycles. The Hall–Kier alpha value is -1.15. The topological polar surface area (TPSA) is 75.7 Å². The first-order valence-corrected chi connectivity index (χ1v) is 10.7. The summed E-state index contributed by atoms with van der Waals surface area (Å²) in [5, 5.41) is 3.09. The number of hydroxylamine groups is 1. The van der Waals surface area contributed by atoms with E-state index < -0.39 is 10.0 Å². The molecule has 6 nitrogen and oxygen atoms in total. The second-order valence-electron chi connectivity index (χ2n) is 7.34. The van der Waals surface area contributed by atoms with Crippen LogP contribution in [0.2, 0.25) is 5.02 Å². The Balaban J connectivity index is 1.77. The molecular formula is C18H25ClN2O4S. The van der Waals surface area contributed by atoms with E-state index in [1.54, 1.807) is 0 Å². The number of nitrogens with one attached hydrogen (secondary N) is 1. The smallest absolute Gasteiger partial charge is 0.266 e. The molecule has 144 valence electrons. The summed E-state index contributed by atoms with van der Waals surface area (Å²) in [5.74, 6) is 1.73. The van der Waals surface area contributed by atoms with Crippen LogP contribution in [0.4, 0.5) is 0 Å². The fourth-order valence-corrected chi connectivity index (χ4v) is 5.86. The summed E-state index contributed by atoms with van der Waals surface area (Å²) in [7, 11) is -1.41. The van der Waals surface area contributed by atoms with Gasteiger partial charge in [0.15, 0.2) is 0 Å². The van der Waals surface area contributed by atoms with E-state index in [0.717, 1.165) is 5.92 Å². The fourth-order valence-electron chi connectivity index (χ4n) is 4.38. The highest BCUT2D eigenvalue weighted by atomic mass is 35.5. The van der Waals surface area contributed by atoms with Gasteiger partial charge in [-0.2, -0.15) is 0 Å².